The first-order valence-corrected chi connectivity index (χ1v) is 24.6. The first kappa shape index (κ1) is 55.9. The number of carbonyl (C=O) groups is 4. The van der Waals surface area contributed by atoms with Gasteiger partial charge in [-0.05, 0) is 119 Å². The van der Waals surface area contributed by atoms with Crippen molar-refractivity contribution >= 4 is 35.4 Å². The predicted octanol–water partition coefficient (Wildman–Crippen LogP) is 11.1. The summed E-state index contributed by atoms with van der Waals surface area (Å²) in [4.78, 5) is 54.5. The van der Waals surface area contributed by atoms with E-state index in [2.05, 4.69) is 31.2 Å². The minimum atomic E-state index is -4.37. The van der Waals surface area contributed by atoms with Gasteiger partial charge in [-0.3, -0.25) is 19.2 Å². The van der Waals surface area contributed by atoms with Crippen LogP contribution < -0.4 is 21.3 Å². The van der Waals surface area contributed by atoms with Gasteiger partial charge in [0.05, 0.1) is 47.2 Å². The van der Waals surface area contributed by atoms with Crippen molar-refractivity contribution < 1.29 is 65.2 Å². The van der Waals surface area contributed by atoms with Gasteiger partial charge >= 0.3 is 24.3 Å². The maximum atomic E-state index is 12.9. The number of nitrogens with one attached hydrogen (secondary N) is 4. The third-order valence-corrected chi connectivity index (χ3v) is 13.0. The fourth-order valence-electron chi connectivity index (χ4n) is 8.83. The molecule has 0 radical (unpaired) electrons. The number of amides is 2. The summed E-state index contributed by atoms with van der Waals surface area (Å²) in [5, 5.41) is 29.5. The molecule has 2 fully saturated rings. The van der Waals surface area contributed by atoms with Crippen molar-refractivity contribution in [2.45, 2.75) is 63.0 Å². The Kier molecular flexibility index (Phi) is 19.2. The molecule has 2 amide bonds. The van der Waals surface area contributed by atoms with Gasteiger partial charge in [-0.1, -0.05) is 72.8 Å². The average Bonchev–Trinajstić information content (AvgIpc) is 3.42. The van der Waals surface area contributed by atoms with Crippen molar-refractivity contribution in [3.63, 3.8) is 0 Å². The largest absolute Gasteiger partial charge is 0.481 e. The van der Waals surface area contributed by atoms with E-state index in [4.69, 9.17) is 19.7 Å². The Bertz CT molecular complexity index is 2640. The maximum absolute atomic E-state index is 12.9. The van der Waals surface area contributed by atoms with E-state index in [0.29, 0.717) is 60.3 Å². The maximum Gasteiger partial charge on any atom is 0.416 e. The van der Waals surface area contributed by atoms with Gasteiger partial charge in [0.2, 0.25) is 0 Å². The second-order valence-corrected chi connectivity index (χ2v) is 18.2. The zero-order chi connectivity index (χ0) is 54.2. The molecule has 2 aliphatic rings. The summed E-state index contributed by atoms with van der Waals surface area (Å²) >= 11 is 0. The first-order valence-electron chi connectivity index (χ1n) is 24.6. The van der Waals surface area contributed by atoms with E-state index >= 15 is 0 Å². The molecule has 2 saturated heterocycles. The molecule has 6 aromatic rings. The third-order valence-electron chi connectivity index (χ3n) is 13.0. The number of hydrogen-bond donors (Lipinski definition) is 6. The molecule has 0 unspecified atom stereocenters. The number of carbonyl (C=O) groups excluding carboxylic acids is 2. The van der Waals surface area contributed by atoms with Gasteiger partial charge < -0.3 is 41.0 Å². The van der Waals surface area contributed by atoms with Gasteiger partial charge in [-0.2, -0.15) is 26.3 Å². The molecule has 0 aliphatic carbocycles. The van der Waals surface area contributed by atoms with Gasteiger partial charge in [0.1, 0.15) is 11.6 Å². The van der Waals surface area contributed by atoms with Crippen molar-refractivity contribution in [2.24, 2.45) is 11.8 Å². The lowest BCUT2D eigenvalue weighted by atomic mass is 9.86. The van der Waals surface area contributed by atoms with Crippen molar-refractivity contribution in [3.05, 3.63) is 167 Å². The molecule has 76 heavy (non-hydrogen) atoms. The molecule has 0 bridgehead atoms. The Morgan fingerprint density at radius 1 is 0.487 bits per heavy atom. The highest BCUT2D eigenvalue weighted by Crippen LogP contribution is 2.37. The molecule has 8 rings (SSSR count). The minimum Gasteiger partial charge on any atom is -0.481 e. The fraction of sp³-hybridized carbons (Fsp3) is 0.321. The van der Waals surface area contributed by atoms with Crippen LogP contribution in [0.1, 0.15) is 93.6 Å². The Labute approximate surface area is 434 Å². The number of carboxylic acid groups (broad SMARTS) is 2. The molecule has 0 spiro atoms. The molecular weight excluding hydrogens is 999 g/mol. The molecule has 2 atom stereocenters. The van der Waals surface area contributed by atoms with Gasteiger partial charge in [-0.15, -0.1) is 0 Å². The number of rotatable bonds is 18. The van der Waals surface area contributed by atoms with Crippen LogP contribution in [-0.2, 0) is 31.4 Å². The highest BCUT2D eigenvalue weighted by Gasteiger charge is 2.32. The SMILES string of the molecule is O=C(O)CCNC(=O)c1ccc(N[C@@H](c2ccc(-c3ccc(C(F)(F)F)cc3)cc2)C2CCOCC2)nc1.O=C(O)CCNC(=O)c1ccc(N[C@H](c2ccc(-c3ccc(C(F)(F)F)cc3)cc2)C2CCOCC2)nc1. The Morgan fingerprint density at radius 2 is 0.803 bits per heavy atom. The number of benzene rings is 4. The molecule has 400 valence electrons. The Hall–Kier alpha value is -7.84. The number of halogens is 6. The average molecular weight is 1060 g/mol. The summed E-state index contributed by atoms with van der Waals surface area (Å²) in [5.41, 5.74) is 4.30. The monoisotopic (exact) mass is 1050 g/mol. The predicted molar refractivity (Wildman–Crippen MR) is 271 cm³/mol. The van der Waals surface area contributed by atoms with Crippen LogP contribution in [0.4, 0.5) is 38.0 Å². The van der Waals surface area contributed by atoms with Crippen LogP contribution in [0.5, 0.6) is 0 Å². The molecule has 14 nitrogen and oxygen atoms in total. The zero-order valence-electron chi connectivity index (χ0n) is 41.0. The van der Waals surface area contributed by atoms with E-state index in [1.807, 2.05) is 48.5 Å². The third kappa shape index (κ3) is 16.1. The van der Waals surface area contributed by atoms with Crippen LogP contribution in [-0.4, -0.2) is 83.5 Å². The number of hydrogen-bond acceptors (Lipinski definition) is 10. The van der Waals surface area contributed by atoms with E-state index in [-0.39, 0.29) is 49.9 Å². The summed E-state index contributed by atoms with van der Waals surface area (Å²) < 4.78 is 88.4. The van der Waals surface area contributed by atoms with Crippen LogP contribution in [0, 0.1) is 11.8 Å². The van der Waals surface area contributed by atoms with Gasteiger partial charge in [0, 0.05) is 51.9 Å². The van der Waals surface area contributed by atoms with Crippen molar-refractivity contribution in [2.75, 3.05) is 50.2 Å². The normalized spacial score (nSPS) is 15.0. The van der Waals surface area contributed by atoms with E-state index in [1.54, 1.807) is 24.3 Å². The Morgan fingerprint density at radius 3 is 1.08 bits per heavy atom. The molecule has 4 heterocycles. The van der Waals surface area contributed by atoms with Gasteiger partial charge in [0.15, 0.2) is 0 Å². The van der Waals surface area contributed by atoms with Crippen LogP contribution in [0.15, 0.2) is 134 Å². The van der Waals surface area contributed by atoms with E-state index in [1.165, 1.54) is 36.7 Å². The smallest absolute Gasteiger partial charge is 0.416 e. The zero-order valence-corrected chi connectivity index (χ0v) is 41.0. The van der Waals surface area contributed by atoms with Crippen LogP contribution in [0.2, 0.25) is 0 Å². The molecule has 6 N–H and O–H groups in total. The van der Waals surface area contributed by atoms with Crippen molar-refractivity contribution in [1.29, 1.82) is 0 Å². The quantitative estimate of drug-likeness (QED) is 0.0446. The second kappa shape index (κ2) is 26.1. The second-order valence-electron chi connectivity index (χ2n) is 18.2. The number of ether oxygens (including phenoxy) is 2. The summed E-state index contributed by atoms with van der Waals surface area (Å²) in [5.74, 6) is -1.09. The number of alkyl halides is 6. The molecule has 0 saturated carbocycles. The molecular formula is C56H56F6N6O8. The molecule has 4 aromatic carbocycles. The summed E-state index contributed by atoms with van der Waals surface area (Å²) in [6, 6.07) is 32.1. The number of nitrogens with zero attached hydrogens (tertiary/aromatic N) is 2. The number of anilines is 2. The standard InChI is InChI=1S/2C28H28F3N3O4/c2*29-28(30,31)23-8-5-19(6-9-23)18-1-3-20(4-2-18)26(21-12-15-38-16-13-21)34-24-10-7-22(17-33-24)27(37)32-14-11-25(35)36/h2*1-10,17,21,26H,11-16H2,(H,32,37)(H,33,34)(H,35,36)/t2*26-/m10/s1. The lowest BCUT2D eigenvalue weighted by Crippen LogP contribution is -2.28. The summed E-state index contributed by atoms with van der Waals surface area (Å²) in [6.07, 6.45) is -2.80. The number of aliphatic carboxylic acids is 2. The molecule has 20 heteroatoms. The van der Waals surface area contributed by atoms with E-state index < -0.39 is 47.2 Å². The van der Waals surface area contributed by atoms with E-state index in [0.717, 1.165) is 72.2 Å². The first-order chi connectivity index (χ1) is 36.4. The van der Waals surface area contributed by atoms with Crippen molar-refractivity contribution in [1.82, 2.24) is 20.6 Å². The van der Waals surface area contributed by atoms with Crippen LogP contribution >= 0.6 is 0 Å². The van der Waals surface area contributed by atoms with Crippen LogP contribution in [0.3, 0.4) is 0 Å². The fourth-order valence-corrected chi connectivity index (χ4v) is 8.83. The van der Waals surface area contributed by atoms with Crippen LogP contribution in [0.25, 0.3) is 22.3 Å². The summed E-state index contributed by atoms with van der Waals surface area (Å²) in [7, 11) is 0. The lowest BCUT2D eigenvalue weighted by Gasteiger charge is -2.32. The lowest BCUT2D eigenvalue weighted by molar-refractivity contribution is -0.138. The minimum absolute atomic E-state index is 0.0302. The van der Waals surface area contributed by atoms with Gasteiger partial charge in [0.25, 0.3) is 11.8 Å². The Balaban J connectivity index is 0.000000221. The number of aromatic nitrogens is 2. The van der Waals surface area contributed by atoms with Crippen molar-refractivity contribution in [3.8, 4) is 22.3 Å². The molecule has 2 aliphatic heterocycles. The topological polar surface area (TPSA) is 201 Å². The molecule has 2 aromatic heterocycles. The van der Waals surface area contributed by atoms with Gasteiger partial charge in [-0.25, -0.2) is 9.97 Å². The highest BCUT2D eigenvalue weighted by atomic mass is 19.4. The summed E-state index contributed by atoms with van der Waals surface area (Å²) in [6.45, 7) is 2.65. The number of pyridine rings is 2. The highest BCUT2D eigenvalue weighted by molar-refractivity contribution is 5.94. The van der Waals surface area contributed by atoms with E-state index in [9.17, 15) is 45.5 Å². The number of carboxylic acids is 2.